The lowest BCUT2D eigenvalue weighted by atomic mass is 10.1. The normalized spacial score (nSPS) is 17.3. The fraction of sp³-hybridized carbons (Fsp3) is 0.389. The molecule has 1 N–H and O–H groups in total. The van der Waals surface area contributed by atoms with E-state index in [1.807, 2.05) is 35.2 Å². The topological polar surface area (TPSA) is 75.7 Å². The van der Waals surface area contributed by atoms with E-state index >= 15 is 0 Å². The number of nitrogens with zero attached hydrogens (tertiary/aromatic N) is 1. The highest BCUT2D eigenvalue weighted by atomic mass is 16.5. The predicted octanol–water partition coefficient (Wildman–Crippen LogP) is 0.923. The van der Waals surface area contributed by atoms with Crippen LogP contribution in [-0.2, 0) is 25.5 Å². The van der Waals surface area contributed by atoms with Crippen LogP contribution >= 0.6 is 0 Å². The summed E-state index contributed by atoms with van der Waals surface area (Å²) in [5.74, 6) is -0.720. The van der Waals surface area contributed by atoms with Gasteiger partial charge < -0.3 is 15.0 Å². The van der Waals surface area contributed by atoms with Crippen molar-refractivity contribution < 1.29 is 19.1 Å². The van der Waals surface area contributed by atoms with Gasteiger partial charge in [0.1, 0.15) is 0 Å². The van der Waals surface area contributed by atoms with E-state index in [0.29, 0.717) is 26.1 Å². The summed E-state index contributed by atoms with van der Waals surface area (Å²) in [7, 11) is 1.25. The van der Waals surface area contributed by atoms with Crippen LogP contribution in [0.4, 0.5) is 0 Å². The summed E-state index contributed by atoms with van der Waals surface area (Å²) in [5, 5.41) is 2.71. The van der Waals surface area contributed by atoms with E-state index in [1.54, 1.807) is 0 Å². The van der Waals surface area contributed by atoms with Crippen molar-refractivity contribution in [3.8, 4) is 0 Å². The van der Waals surface area contributed by atoms with E-state index in [4.69, 9.17) is 0 Å². The molecule has 0 saturated carbocycles. The van der Waals surface area contributed by atoms with Gasteiger partial charge in [-0.05, 0) is 12.0 Å². The highest BCUT2D eigenvalue weighted by molar-refractivity contribution is 5.94. The number of carbonyl (C=O) groups excluding carboxylic acids is 3. The van der Waals surface area contributed by atoms with E-state index in [1.165, 1.54) is 12.7 Å². The molecule has 1 atom stereocenters. The van der Waals surface area contributed by atoms with Crippen LogP contribution < -0.4 is 5.32 Å². The Kier molecular flexibility index (Phi) is 6.54. The van der Waals surface area contributed by atoms with E-state index in [0.717, 1.165) is 18.6 Å². The smallest absolute Gasteiger partial charge is 0.330 e. The zero-order chi connectivity index (χ0) is 17.4. The Labute approximate surface area is 141 Å². The first-order valence-corrected chi connectivity index (χ1v) is 7.94. The molecular weight excluding hydrogens is 308 g/mol. The molecule has 0 radical (unpaired) electrons. The Morgan fingerprint density at radius 1 is 1.29 bits per heavy atom. The molecule has 1 fully saturated rings. The van der Waals surface area contributed by atoms with E-state index < -0.39 is 5.97 Å². The molecule has 1 aliphatic heterocycles. The summed E-state index contributed by atoms with van der Waals surface area (Å²) in [6, 6.07) is 10.0. The minimum absolute atomic E-state index is 0.101. The van der Waals surface area contributed by atoms with Crippen LogP contribution in [0.2, 0.25) is 0 Å². The molecule has 24 heavy (non-hydrogen) atoms. The average molecular weight is 330 g/mol. The number of hydrogen-bond donors (Lipinski definition) is 1. The molecule has 0 aromatic heterocycles. The third-order valence-corrected chi connectivity index (χ3v) is 3.94. The van der Waals surface area contributed by atoms with Crippen LogP contribution in [-0.4, -0.2) is 49.4 Å². The second-order valence-corrected chi connectivity index (χ2v) is 5.75. The van der Waals surface area contributed by atoms with Gasteiger partial charge >= 0.3 is 5.97 Å². The summed E-state index contributed by atoms with van der Waals surface area (Å²) >= 11 is 0. The van der Waals surface area contributed by atoms with Crippen molar-refractivity contribution >= 4 is 17.8 Å². The Balaban J connectivity index is 1.73. The molecule has 0 bridgehead atoms. The zero-order valence-electron chi connectivity index (χ0n) is 13.7. The lowest BCUT2D eigenvalue weighted by Gasteiger charge is -2.16. The van der Waals surface area contributed by atoms with Crippen molar-refractivity contribution in [3.63, 3.8) is 0 Å². The molecule has 2 rings (SSSR count). The molecule has 6 heteroatoms. The van der Waals surface area contributed by atoms with Gasteiger partial charge in [-0.25, -0.2) is 4.79 Å². The summed E-state index contributed by atoms with van der Waals surface area (Å²) in [4.78, 5) is 36.4. The number of benzene rings is 1. The van der Waals surface area contributed by atoms with Crippen molar-refractivity contribution in [3.05, 3.63) is 48.0 Å². The number of carbonyl (C=O) groups is 3. The van der Waals surface area contributed by atoms with Gasteiger partial charge in [0.2, 0.25) is 11.8 Å². The van der Waals surface area contributed by atoms with Crippen molar-refractivity contribution in [2.75, 3.05) is 26.7 Å². The Morgan fingerprint density at radius 3 is 2.75 bits per heavy atom. The molecule has 0 aliphatic carbocycles. The standard InChI is InChI=1S/C18H22N2O4/c1-24-18(23)8-7-16(21)19-12-15-11-17(22)20(13-15)10-9-14-5-3-2-4-6-14/h2-8,15H,9-13H2,1H3,(H,19,21)/b8-7+. The van der Waals surface area contributed by atoms with Crippen molar-refractivity contribution in [2.24, 2.45) is 5.92 Å². The molecule has 6 nitrogen and oxygen atoms in total. The first-order valence-electron chi connectivity index (χ1n) is 7.94. The van der Waals surface area contributed by atoms with Crippen LogP contribution in [0.3, 0.4) is 0 Å². The maximum Gasteiger partial charge on any atom is 0.330 e. The Hall–Kier alpha value is -2.63. The van der Waals surface area contributed by atoms with E-state index in [2.05, 4.69) is 10.1 Å². The summed E-state index contributed by atoms with van der Waals surface area (Å²) in [6.07, 6.45) is 3.47. The first kappa shape index (κ1) is 17.7. The zero-order valence-corrected chi connectivity index (χ0v) is 13.7. The number of amides is 2. The average Bonchev–Trinajstić information content (AvgIpc) is 2.96. The largest absolute Gasteiger partial charge is 0.466 e. The number of hydrogen-bond acceptors (Lipinski definition) is 4. The summed E-state index contributed by atoms with van der Waals surface area (Å²) < 4.78 is 4.41. The molecule has 128 valence electrons. The molecule has 1 aromatic carbocycles. The quantitative estimate of drug-likeness (QED) is 0.596. The SMILES string of the molecule is COC(=O)/C=C/C(=O)NCC1CC(=O)N(CCc2ccccc2)C1. The maximum absolute atomic E-state index is 12.0. The highest BCUT2D eigenvalue weighted by Gasteiger charge is 2.29. The van der Waals surface area contributed by atoms with Crippen molar-refractivity contribution in [1.29, 1.82) is 0 Å². The monoisotopic (exact) mass is 330 g/mol. The highest BCUT2D eigenvalue weighted by Crippen LogP contribution is 2.17. The van der Waals surface area contributed by atoms with Crippen molar-refractivity contribution in [2.45, 2.75) is 12.8 Å². The molecule has 1 heterocycles. The van der Waals surface area contributed by atoms with Gasteiger partial charge in [-0.15, -0.1) is 0 Å². The number of nitrogens with one attached hydrogen (secondary N) is 1. The molecular formula is C18H22N2O4. The van der Waals surface area contributed by atoms with Crippen LogP contribution in [0, 0.1) is 5.92 Å². The van der Waals surface area contributed by atoms with Gasteiger partial charge in [-0.1, -0.05) is 30.3 Å². The molecule has 2 amide bonds. The lowest BCUT2D eigenvalue weighted by molar-refractivity contribution is -0.135. The van der Waals surface area contributed by atoms with Gasteiger partial charge in [0.25, 0.3) is 0 Å². The molecule has 0 spiro atoms. The molecule has 1 unspecified atom stereocenters. The van der Waals surface area contributed by atoms with Crippen LogP contribution in [0.5, 0.6) is 0 Å². The number of rotatable bonds is 7. The molecule has 1 saturated heterocycles. The predicted molar refractivity (Wildman–Crippen MR) is 89.0 cm³/mol. The second-order valence-electron chi connectivity index (χ2n) is 5.75. The number of ether oxygens (including phenoxy) is 1. The fourth-order valence-electron chi connectivity index (χ4n) is 2.63. The fourth-order valence-corrected chi connectivity index (χ4v) is 2.63. The Bertz CT molecular complexity index is 613. The van der Waals surface area contributed by atoms with Gasteiger partial charge in [0.15, 0.2) is 0 Å². The summed E-state index contributed by atoms with van der Waals surface area (Å²) in [5.41, 5.74) is 1.20. The molecule has 1 aliphatic rings. The van der Waals surface area contributed by atoms with E-state index in [9.17, 15) is 14.4 Å². The van der Waals surface area contributed by atoms with Crippen LogP contribution in [0.25, 0.3) is 0 Å². The summed E-state index contributed by atoms with van der Waals surface area (Å²) in [6.45, 7) is 1.75. The third-order valence-electron chi connectivity index (χ3n) is 3.94. The van der Waals surface area contributed by atoms with Crippen LogP contribution in [0.1, 0.15) is 12.0 Å². The minimum atomic E-state index is -0.576. The van der Waals surface area contributed by atoms with Gasteiger partial charge in [0, 0.05) is 44.1 Å². The van der Waals surface area contributed by atoms with E-state index in [-0.39, 0.29) is 17.7 Å². The lowest BCUT2D eigenvalue weighted by Crippen LogP contribution is -2.31. The van der Waals surface area contributed by atoms with Crippen LogP contribution in [0.15, 0.2) is 42.5 Å². The number of methoxy groups -OCH3 is 1. The van der Waals surface area contributed by atoms with Gasteiger partial charge in [-0.2, -0.15) is 0 Å². The Morgan fingerprint density at radius 2 is 2.04 bits per heavy atom. The number of likely N-dealkylation sites (tertiary alicyclic amines) is 1. The van der Waals surface area contributed by atoms with Crippen molar-refractivity contribution in [1.82, 2.24) is 10.2 Å². The van der Waals surface area contributed by atoms with Gasteiger partial charge in [-0.3, -0.25) is 9.59 Å². The van der Waals surface area contributed by atoms with Gasteiger partial charge in [0.05, 0.1) is 7.11 Å². The number of esters is 1. The molecule has 1 aromatic rings. The third kappa shape index (κ3) is 5.53. The second kappa shape index (κ2) is 8.86. The maximum atomic E-state index is 12.0. The first-order chi connectivity index (χ1) is 11.6. The minimum Gasteiger partial charge on any atom is -0.466 e.